The number of hydrogen-bond acceptors (Lipinski definition) is 3. The largest absolute Gasteiger partial charge is 0.463 e. The molecule has 0 radical (unpaired) electrons. The minimum absolute atomic E-state index is 0.0178. The summed E-state index contributed by atoms with van der Waals surface area (Å²) in [4.78, 5) is 11.3. The summed E-state index contributed by atoms with van der Waals surface area (Å²) in [6.07, 6.45) is -1.06. The molecule has 0 heterocycles. The number of rotatable bonds is 4. The van der Waals surface area contributed by atoms with Crippen LogP contribution in [-0.2, 0) is 9.53 Å². The summed E-state index contributed by atoms with van der Waals surface area (Å²) < 4.78 is 4.75. The predicted octanol–water partition coefficient (Wildman–Crippen LogP) is 2.49. The molecule has 1 N–H and O–H groups in total. The highest BCUT2D eigenvalue weighted by atomic mass is 35.5. The fourth-order valence-corrected chi connectivity index (χ4v) is 1.31. The molecule has 16 heavy (non-hydrogen) atoms. The Balaban J connectivity index is 2.77. The molecule has 3 nitrogen and oxygen atoms in total. The van der Waals surface area contributed by atoms with Crippen LogP contribution in [-0.4, -0.2) is 17.7 Å². The van der Waals surface area contributed by atoms with Gasteiger partial charge in [0.1, 0.15) is 6.10 Å². The van der Waals surface area contributed by atoms with E-state index in [4.69, 9.17) is 16.3 Å². The van der Waals surface area contributed by atoms with Gasteiger partial charge in [0, 0.05) is 5.02 Å². The van der Waals surface area contributed by atoms with Crippen molar-refractivity contribution in [3.63, 3.8) is 0 Å². The first-order valence-electron chi connectivity index (χ1n) is 4.85. The summed E-state index contributed by atoms with van der Waals surface area (Å²) in [7, 11) is 0. The first-order chi connectivity index (χ1) is 7.56. The average molecular weight is 241 g/mol. The van der Waals surface area contributed by atoms with E-state index in [-0.39, 0.29) is 12.2 Å². The first kappa shape index (κ1) is 12.7. The van der Waals surface area contributed by atoms with Gasteiger partial charge in [-0.25, -0.2) is 4.79 Å². The highest BCUT2D eigenvalue weighted by Gasteiger charge is 2.19. The van der Waals surface area contributed by atoms with Crippen LogP contribution in [0, 0.1) is 0 Å². The van der Waals surface area contributed by atoms with E-state index < -0.39 is 12.1 Å². The lowest BCUT2D eigenvalue weighted by atomic mass is 10.0. The standard InChI is InChI=1S/C12H13ClO3/c1-3-16-12(15)8(2)11(14)9-4-6-10(13)7-5-9/h4-7,11,14H,2-3H2,1H3/t11-/m0/s1. The number of hydrogen-bond donors (Lipinski definition) is 1. The minimum Gasteiger partial charge on any atom is -0.463 e. The van der Waals surface area contributed by atoms with Gasteiger partial charge in [0.25, 0.3) is 0 Å². The van der Waals surface area contributed by atoms with Crippen molar-refractivity contribution in [2.24, 2.45) is 0 Å². The maximum atomic E-state index is 11.3. The van der Waals surface area contributed by atoms with Gasteiger partial charge in [-0.15, -0.1) is 0 Å². The van der Waals surface area contributed by atoms with E-state index in [1.54, 1.807) is 31.2 Å². The Labute approximate surface area is 99.3 Å². The molecule has 0 spiro atoms. The smallest absolute Gasteiger partial charge is 0.336 e. The molecule has 0 aliphatic carbocycles. The molecule has 0 unspecified atom stereocenters. The Morgan fingerprint density at radius 3 is 2.56 bits per heavy atom. The molecule has 1 rings (SSSR count). The zero-order valence-corrected chi connectivity index (χ0v) is 9.70. The van der Waals surface area contributed by atoms with E-state index in [2.05, 4.69) is 6.58 Å². The van der Waals surface area contributed by atoms with E-state index in [9.17, 15) is 9.90 Å². The van der Waals surface area contributed by atoms with Crippen molar-refractivity contribution in [1.29, 1.82) is 0 Å². The molecule has 0 saturated carbocycles. The van der Waals surface area contributed by atoms with E-state index in [0.717, 1.165) is 0 Å². The number of esters is 1. The Kier molecular flexibility index (Phi) is 4.52. The van der Waals surface area contributed by atoms with Crippen LogP contribution < -0.4 is 0 Å². The molecule has 4 heteroatoms. The number of carbonyl (C=O) groups excluding carboxylic acids is 1. The normalized spacial score (nSPS) is 11.9. The van der Waals surface area contributed by atoms with Gasteiger partial charge in [0.2, 0.25) is 0 Å². The van der Waals surface area contributed by atoms with Crippen molar-refractivity contribution >= 4 is 17.6 Å². The third kappa shape index (κ3) is 3.08. The lowest BCUT2D eigenvalue weighted by Gasteiger charge is -2.12. The van der Waals surface area contributed by atoms with E-state index in [1.165, 1.54) is 0 Å². The van der Waals surface area contributed by atoms with Crippen molar-refractivity contribution < 1.29 is 14.6 Å². The third-order valence-electron chi connectivity index (χ3n) is 2.05. The lowest BCUT2D eigenvalue weighted by molar-refractivity contribution is -0.139. The summed E-state index contributed by atoms with van der Waals surface area (Å²) >= 11 is 5.71. The second kappa shape index (κ2) is 5.68. The fraction of sp³-hybridized carbons (Fsp3) is 0.250. The van der Waals surface area contributed by atoms with E-state index >= 15 is 0 Å². The molecule has 86 valence electrons. The van der Waals surface area contributed by atoms with Crippen LogP contribution in [0.4, 0.5) is 0 Å². The predicted molar refractivity (Wildman–Crippen MR) is 62.2 cm³/mol. The zero-order chi connectivity index (χ0) is 12.1. The fourth-order valence-electron chi connectivity index (χ4n) is 1.18. The van der Waals surface area contributed by atoms with Gasteiger partial charge in [-0.1, -0.05) is 30.3 Å². The van der Waals surface area contributed by atoms with Crippen molar-refractivity contribution in [3.05, 3.63) is 47.0 Å². The molecule has 0 aromatic heterocycles. The molecule has 0 aliphatic rings. The van der Waals surface area contributed by atoms with Gasteiger partial charge in [-0.2, -0.15) is 0 Å². The van der Waals surface area contributed by atoms with Crippen LogP contribution in [0.25, 0.3) is 0 Å². The summed E-state index contributed by atoms with van der Waals surface area (Å²) in [5.74, 6) is -0.593. The molecular formula is C12H13ClO3. The summed E-state index contributed by atoms with van der Waals surface area (Å²) in [6, 6.07) is 6.55. The molecule has 1 atom stereocenters. The maximum absolute atomic E-state index is 11.3. The topological polar surface area (TPSA) is 46.5 Å². The maximum Gasteiger partial charge on any atom is 0.336 e. The first-order valence-corrected chi connectivity index (χ1v) is 5.23. The van der Waals surface area contributed by atoms with Gasteiger partial charge in [0.05, 0.1) is 12.2 Å². The van der Waals surface area contributed by atoms with Gasteiger partial charge in [0.15, 0.2) is 0 Å². The lowest BCUT2D eigenvalue weighted by Crippen LogP contribution is -2.13. The zero-order valence-electron chi connectivity index (χ0n) is 8.94. The molecule has 0 bridgehead atoms. The van der Waals surface area contributed by atoms with Gasteiger partial charge >= 0.3 is 5.97 Å². The number of benzene rings is 1. The average Bonchev–Trinajstić information content (AvgIpc) is 2.28. The molecule has 0 aliphatic heterocycles. The van der Waals surface area contributed by atoms with Crippen LogP contribution >= 0.6 is 11.6 Å². The van der Waals surface area contributed by atoms with Crippen molar-refractivity contribution in [3.8, 4) is 0 Å². The molecule has 1 aromatic rings. The number of carbonyl (C=O) groups is 1. The summed E-state index contributed by atoms with van der Waals surface area (Å²) in [5.41, 5.74) is 0.576. The summed E-state index contributed by atoms with van der Waals surface area (Å²) in [6.45, 7) is 5.46. The van der Waals surface area contributed by atoms with Gasteiger partial charge in [-0.05, 0) is 24.6 Å². The van der Waals surface area contributed by atoms with Crippen LogP contribution in [0.15, 0.2) is 36.4 Å². The van der Waals surface area contributed by atoms with E-state index in [0.29, 0.717) is 10.6 Å². The second-order valence-corrected chi connectivity index (χ2v) is 3.64. The Morgan fingerprint density at radius 1 is 1.50 bits per heavy atom. The SMILES string of the molecule is C=C(C(=O)OCC)[C@H](O)c1ccc(Cl)cc1. The van der Waals surface area contributed by atoms with Crippen LogP contribution in [0.1, 0.15) is 18.6 Å². The highest BCUT2D eigenvalue weighted by Crippen LogP contribution is 2.22. The molecular weight excluding hydrogens is 228 g/mol. The van der Waals surface area contributed by atoms with Crippen molar-refractivity contribution in [2.75, 3.05) is 6.61 Å². The van der Waals surface area contributed by atoms with E-state index in [1.807, 2.05) is 0 Å². The second-order valence-electron chi connectivity index (χ2n) is 3.20. The van der Waals surface area contributed by atoms with Crippen molar-refractivity contribution in [2.45, 2.75) is 13.0 Å². The molecule has 0 fully saturated rings. The van der Waals surface area contributed by atoms with Gasteiger partial charge in [-0.3, -0.25) is 0 Å². The Bertz CT molecular complexity index is 384. The number of halogens is 1. The highest BCUT2D eigenvalue weighted by molar-refractivity contribution is 6.30. The van der Waals surface area contributed by atoms with Crippen LogP contribution in [0.3, 0.4) is 0 Å². The molecule has 0 amide bonds. The van der Waals surface area contributed by atoms with Crippen LogP contribution in [0.5, 0.6) is 0 Å². The number of aliphatic hydroxyl groups excluding tert-OH is 1. The van der Waals surface area contributed by atoms with Crippen LogP contribution in [0.2, 0.25) is 5.02 Å². The quantitative estimate of drug-likeness (QED) is 0.650. The Hall–Kier alpha value is -1.32. The minimum atomic E-state index is -1.06. The van der Waals surface area contributed by atoms with Crippen molar-refractivity contribution in [1.82, 2.24) is 0 Å². The third-order valence-corrected chi connectivity index (χ3v) is 2.31. The molecule has 1 aromatic carbocycles. The Morgan fingerprint density at radius 2 is 2.06 bits per heavy atom. The number of ether oxygens (including phenoxy) is 1. The summed E-state index contributed by atoms with van der Waals surface area (Å²) in [5, 5.41) is 10.4. The number of aliphatic hydroxyl groups is 1. The molecule has 0 saturated heterocycles. The van der Waals surface area contributed by atoms with Gasteiger partial charge < -0.3 is 9.84 Å². The monoisotopic (exact) mass is 240 g/mol.